The van der Waals surface area contributed by atoms with Crippen molar-refractivity contribution in [2.45, 2.75) is 0 Å². The van der Waals surface area contributed by atoms with Gasteiger partial charge in [0.1, 0.15) is 0 Å². The number of benzene rings is 7. The highest BCUT2D eigenvalue weighted by Gasteiger charge is 2.17. The average molecular weight is 748 g/mol. The van der Waals surface area contributed by atoms with Crippen molar-refractivity contribution in [3.05, 3.63) is 181 Å². The number of hydrogen-bond donors (Lipinski definition) is 0. The van der Waals surface area contributed by atoms with Gasteiger partial charge >= 0.3 is 0 Å². The zero-order valence-corrected chi connectivity index (χ0v) is 31.1. The lowest BCUT2D eigenvalue weighted by Crippen LogP contribution is -2.00. The molecule has 0 saturated carbocycles. The second-order valence-electron chi connectivity index (χ2n) is 13.5. The first kappa shape index (κ1) is 33.8. The molecule has 7 nitrogen and oxygen atoms in total. The molecule has 0 unspecified atom stereocenters. The van der Waals surface area contributed by atoms with Gasteiger partial charge in [0.25, 0.3) is 0 Å². The summed E-state index contributed by atoms with van der Waals surface area (Å²) in [5.74, 6) is 3.64. The quantitative estimate of drug-likeness (QED) is 0.160. The monoisotopic (exact) mass is 747 g/mol. The summed E-state index contributed by atoms with van der Waals surface area (Å²) in [6.45, 7) is 0. The second kappa shape index (κ2) is 14.5. The Morgan fingerprint density at radius 3 is 1.26 bits per heavy atom. The van der Waals surface area contributed by atoms with Crippen LogP contribution in [0.15, 0.2) is 176 Å². The highest BCUT2D eigenvalue weighted by Crippen LogP contribution is 2.39. The molecular formula is C49H29N7S. The van der Waals surface area contributed by atoms with Crippen LogP contribution in [0.1, 0.15) is 5.56 Å². The van der Waals surface area contributed by atoms with Crippen molar-refractivity contribution < 1.29 is 0 Å². The molecule has 0 saturated heterocycles. The lowest BCUT2D eigenvalue weighted by Gasteiger charge is -2.10. The van der Waals surface area contributed by atoms with E-state index in [1.54, 1.807) is 11.3 Å². The summed E-state index contributed by atoms with van der Waals surface area (Å²) in [6, 6.07) is 60.8. The van der Waals surface area contributed by atoms with Gasteiger partial charge in [0.2, 0.25) is 0 Å². The third-order valence-corrected chi connectivity index (χ3v) is 11.0. The minimum Gasteiger partial charge on any atom is -0.208 e. The second-order valence-corrected chi connectivity index (χ2v) is 14.6. The maximum Gasteiger partial charge on any atom is 0.164 e. The van der Waals surface area contributed by atoms with Crippen molar-refractivity contribution in [1.29, 1.82) is 5.26 Å². The van der Waals surface area contributed by atoms with E-state index in [1.807, 2.05) is 140 Å². The molecule has 57 heavy (non-hydrogen) atoms. The molecule has 3 heterocycles. The molecule has 0 spiro atoms. The largest absolute Gasteiger partial charge is 0.208 e. The summed E-state index contributed by atoms with van der Waals surface area (Å²) < 4.78 is 2.28. The molecule has 0 amide bonds. The van der Waals surface area contributed by atoms with Crippen molar-refractivity contribution in [2.24, 2.45) is 0 Å². The van der Waals surface area contributed by atoms with E-state index in [2.05, 4.69) is 42.5 Å². The van der Waals surface area contributed by atoms with Crippen LogP contribution in [0.4, 0.5) is 0 Å². The minimum atomic E-state index is 0.571. The number of rotatable bonds is 7. The van der Waals surface area contributed by atoms with Crippen molar-refractivity contribution in [3.8, 4) is 85.5 Å². The number of aromatic nitrogens is 6. The van der Waals surface area contributed by atoms with E-state index in [9.17, 15) is 5.26 Å². The fourth-order valence-electron chi connectivity index (χ4n) is 6.97. The van der Waals surface area contributed by atoms with Crippen LogP contribution in [0.2, 0.25) is 0 Å². The average Bonchev–Trinajstić information content (AvgIpc) is 3.67. The van der Waals surface area contributed by atoms with Gasteiger partial charge in [0, 0.05) is 53.6 Å². The minimum absolute atomic E-state index is 0.571. The SMILES string of the molecule is N#Cc1ccccc1-c1ccc(-c2nc(-c3ccccc3)nc(-c3ccc4c(c3)sc3ccc(-c5nc(-c6ccccc6)nc(-c6ccccc6)n5)cc34)n2)cc1. The molecule has 10 aromatic rings. The molecule has 0 aliphatic carbocycles. The van der Waals surface area contributed by atoms with Crippen molar-refractivity contribution in [3.63, 3.8) is 0 Å². The van der Waals surface area contributed by atoms with Crippen molar-refractivity contribution >= 4 is 31.5 Å². The number of hydrogen-bond acceptors (Lipinski definition) is 8. The molecule has 0 bridgehead atoms. The first-order chi connectivity index (χ1) is 28.2. The smallest absolute Gasteiger partial charge is 0.164 e. The number of thiophene rings is 1. The van der Waals surface area contributed by atoms with Gasteiger partial charge < -0.3 is 0 Å². The van der Waals surface area contributed by atoms with Gasteiger partial charge in [0.05, 0.1) is 11.6 Å². The van der Waals surface area contributed by atoms with Gasteiger partial charge in [-0.15, -0.1) is 11.3 Å². The van der Waals surface area contributed by atoms with Gasteiger partial charge in [-0.2, -0.15) is 5.26 Å². The predicted molar refractivity (Wildman–Crippen MR) is 229 cm³/mol. The summed E-state index contributed by atoms with van der Waals surface area (Å²) in [4.78, 5) is 29.7. The zero-order valence-electron chi connectivity index (χ0n) is 30.3. The van der Waals surface area contributed by atoms with E-state index in [4.69, 9.17) is 29.9 Å². The van der Waals surface area contributed by atoms with Crippen LogP contribution in [0.5, 0.6) is 0 Å². The summed E-state index contributed by atoms with van der Waals surface area (Å²) >= 11 is 1.73. The van der Waals surface area contributed by atoms with E-state index < -0.39 is 0 Å². The Balaban J connectivity index is 1.05. The highest BCUT2D eigenvalue weighted by atomic mass is 32.1. The highest BCUT2D eigenvalue weighted by molar-refractivity contribution is 7.25. The van der Waals surface area contributed by atoms with E-state index in [-0.39, 0.29) is 0 Å². The Kier molecular flexibility index (Phi) is 8.60. The van der Waals surface area contributed by atoms with Gasteiger partial charge in [-0.1, -0.05) is 146 Å². The van der Waals surface area contributed by atoms with Crippen LogP contribution in [0, 0.1) is 11.3 Å². The van der Waals surface area contributed by atoms with Crippen molar-refractivity contribution in [1.82, 2.24) is 29.9 Å². The zero-order chi connectivity index (χ0) is 38.1. The van der Waals surface area contributed by atoms with E-state index in [0.29, 0.717) is 40.5 Å². The first-order valence-electron chi connectivity index (χ1n) is 18.4. The van der Waals surface area contributed by atoms with Gasteiger partial charge in [-0.05, 0) is 41.5 Å². The molecule has 3 aromatic heterocycles. The molecule has 266 valence electrons. The summed E-state index contributed by atoms with van der Waals surface area (Å²) in [5, 5.41) is 11.9. The predicted octanol–water partition coefficient (Wildman–Crippen LogP) is 12.0. The normalized spacial score (nSPS) is 11.1. The standard InChI is InChI=1S/C49H29N7S/c50-30-38-18-10-11-19-39(38)31-20-22-35(23-21-31)47-52-46(34-16-8-3-9-17-34)55-49(56-47)37-24-26-40-41-28-36(25-27-42(41)57-43(40)29-37)48-53-44(32-12-4-1-5-13-32)51-45(54-48)33-14-6-2-7-15-33/h1-29H. The van der Waals surface area contributed by atoms with Crippen LogP contribution in [-0.4, -0.2) is 29.9 Å². The van der Waals surface area contributed by atoms with Crippen molar-refractivity contribution in [2.75, 3.05) is 0 Å². The Bertz CT molecular complexity index is 3060. The van der Waals surface area contributed by atoms with Gasteiger partial charge in [-0.3, -0.25) is 0 Å². The molecule has 0 radical (unpaired) electrons. The van der Waals surface area contributed by atoms with E-state index in [0.717, 1.165) is 64.7 Å². The molecule has 0 fully saturated rings. The fourth-order valence-corrected chi connectivity index (χ4v) is 8.10. The number of nitriles is 1. The Hall–Kier alpha value is -7.73. The molecule has 10 rings (SSSR count). The van der Waals surface area contributed by atoms with Crippen LogP contribution in [0.3, 0.4) is 0 Å². The number of nitrogens with zero attached hydrogens (tertiary/aromatic N) is 7. The molecule has 0 aliphatic rings. The van der Waals surface area contributed by atoms with Gasteiger partial charge in [0.15, 0.2) is 34.9 Å². The Labute approximate surface area is 332 Å². The third-order valence-electron chi connectivity index (χ3n) is 9.86. The maximum atomic E-state index is 9.66. The van der Waals surface area contributed by atoms with Crippen LogP contribution < -0.4 is 0 Å². The fraction of sp³-hybridized carbons (Fsp3) is 0. The Morgan fingerprint density at radius 1 is 0.333 bits per heavy atom. The van der Waals surface area contributed by atoms with E-state index >= 15 is 0 Å². The molecular weight excluding hydrogens is 719 g/mol. The number of fused-ring (bicyclic) bond motifs is 3. The summed E-state index contributed by atoms with van der Waals surface area (Å²) in [7, 11) is 0. The molecule has 0 atom stereocenters. The van der Waals surface area contributed by atoms with Crippen LogP contribution >= 0.6 is 11.3 Å². The maximum absolute atomic E-state index is 9.66. The Morgan fingerprint density at radius 2 is 0.737 bits per heavy atom. The van der Waals surface area contributed by atoms with E-state index in [1.165, 1.54) is 0 Å². The van der Waals surface area contributed by atoms with Gasteiger partial charge in [-0.25, -0.2) is 29.9 Å². The molecule has 0 aliphatic heterocycles. The third kappa shape index (κ3) is 6.59. The summed E-state index contributed by atoms with van der Waals surface area (Å²) in [6.07, 6.45) is 0. The molecule has 8 heteroatoms. The molecule has 0 N–H and O–H groups in total. The molecule has 7 aromatic carbocycles. The topological polar surface area (TPSA) is 101 Å². The van der Waals surface area contributed by atoms with Crippen LogP contribution in [-0.2, 0) is 0 Å². The van der Waals surface area contributed by atoms with Crippen LogP contribution in [0.25, 0.3) is 99.6 Å². The lowest BCUT2D eigenvalue weighted by atomic mass is 9.99. The summed E-state index contributed by atoms with van der Waals surface area (Å²) in [5.41, 5.74) is 7.91. The first-order valence-corrected chi connectivity index (χ1v) is 19.2. The lowest BCUT2D eigenvalue weighted by molar-refractivity contribution is 1.07.